The molecular formula is C26H24N2O5S. The van der Waals surface area contributed by atoms with Gasteiger partial charge in [0.05, 0.1) is 10.6 Å². The maximum atomic E-state index is 13.5. The third kappa shape index (κ3) is 3.36. The van der Waals surface area contributed by atoms with Crippen LogP contribution in [0.2, 0.25) is 0 Å². The van der Waals surface area contributed by atoms with Crippen molar-refractivity contribution >= 4 is 43.7 Å². The number of nitrogens with zero attached hydrogens (tertiary/aromatic N) is 2. The summed E-state index contributed by atoms with van der Waals surface area (Å²) in [6.45, 7) is 2.95. The summed E-state index contributed by atoms with van der Waals surface area (Å²) in [7, 11) is -3.68. The van der Waals surface area contributed by atoms with Gasteiger partial charge in [-0.2, -0.15) is 4.31 Å². The minimum atomic E-state index is -3.68. The Morgan fingerprint density at radius 2 is 1.68 bits per heavy atom. The molecule has 3 aromatic carbocycles. The van der Waals surface area contributed by atoms with Crippen molar-refractivity contribution < 1.29 is 22.4 Å². The average Bonchev–Trinajstić information content (AvgIpc) is 3.22. The standard InChI is InChI=1S/C26H24N2O5S/c1-17-6-8-23-18(14-17)16-32-26(29)28(23)19-10-12-27(13-11-19)34(30,31)20-7-9-25-22(15-20)21-4-2-3-5-24(21)33-25/h2-9,14-15,19H,10-13,16H2,1H3. The number of anilines is 1. The van der Waals surface area contributed by atoms with Crippen LogP contribution in [-0.2, 0) is 21.4 Å². The minimum Gasteiger partial charge on any atom is -0.456 e. The topological polar surface area (TPSA) is 80.1 Å². The van der Waals surface area contributed by atoms with E-state index in [2.05, 4.69) is 0 Å². The first-order chi connectivity index (χ1) is 16.4. The zero-order chi connectivity index (χ0) is 23.4. The van der Waals surface area contributed by atoms with Gasteiger partial charge < -0.3 is 9.15 Å². The molecule has 0 bridgehead atoms. The fraction of sp³-hybridized carbons (Fsp3) is 0.269. The van der Waals surface area contributed by atoms with Gasteiger partial charge in [0.25, 0.3) is 0 Å². The van der Waals surface area contributed by atoms with Crippen molar-refractivity contribution in [3.8, 4) is 0 Å². The molecule has 0 atom stereocenters. The zero-order valence-electron chi connectivity index (χ0n) is 18.7. The zero-order valence-corrected chi connectivity index (χ0v) is 19.5. The molecule has 0 aliphatic carbocycles. The number of fused-ring (bicyclic) bond motifs is 4. The summed E-state index contributed by atoms with van der Waals surface area (Å²) >= 11 is 0. The lowest BCUT2D eigenvalue weighted by atomic mass is 10.0. The summed E-state index contributed by atoms with van der Waals surface area (Å²) in [6.07, 6.45) is 0.715. The molecule has 2 aliphatic rings. The number of benzene rings is 3. The molecule has 8 heteroatoms. The van der Waals surface area contributed by atoms with Crippen LogP contribution in [0.15, 0.2) is 70.0 Å². The number of furan rings is 1. The Labute approximate surface area is 197 Å². The number of para-hydroxylation sites is 1. The summed E-state index contributed by atoms with van der Waals surface area (Å²) < 4.78 is 39.7. The molecule has 1 aromatic heterocycles. The maximum absolute atomic E-state index is 13.5. The van der Waals surface area contributed by atoms with Crippen molar-refractivity contribution in [2.24, 2.45) is 0 Å². The Morgan fingerprint density at radius 1 is 0.912 bits per heavy atom. The molecule has 4 aromatic rings. The highest BCUT2D eigenvalue weighted by molar-refractivity contribution is 7.89. The third-order valence-corrected chi connectivity index (χ3v) is 8.71. The van der Waals surface area contributed by atoms with Gasteiger partial charge in [0.2, 0.25) is 10.0 Å². The number of cyclic esters (lactones) is 1. The van der Waals surface area contributed by atoms with E-state index in [1.807, 2.05) is 49.4 Å². The normalized spacial score (nSPS) is 17.8. The number of hydrogen-bond acceptors (Lipinski definition) is 5. The molecule has 0 spiro atoms. The monoisotopic (exact) mass is 476 g/mol. The largest absolute Gasteiger partial charge is 0.456 e. The molecule has 1 saturated heterocycles. The highest BCUT2D eigenvalue weighted by Gasteiger charge is 2.37. The van der Waals surface area contributed by atoms with Crippen LogP contribution in [0.3, 0.4) is 0 Å². The molecule has 2 aliphatic heterocycles. The maximum Gasteiger partial charge on any atom is 0.414 e. The van der Waals surface area contributed by atoms with Gasteiger partial charge >= 0.3 is 6.09 Å². The fourth-order valence-corrected chi connectivity index (χ4v) is 6.57. The molecule has 174 valence electrons. The number of rotatable bonds is 3. The van der Waals surface area contributed by atoms with Crippen molar-refractivity contribution in [3.63, 3.8) is 0 Å². The Balaban J connectivity index is 1.25. The van der Waals surface area contributed by atoms with Crippen LogP contribution in [0.5, 0.6) is 0 Å². The third-order valence-electron chi connectivity index (χ3n) is 6.82. The summed E-state index contributed by atoms with van der Waals surface area (Å²) in [6, 6.07) is 18.5. The van der Waals surface area contributed by atoms with Gasteiger partial charge in [-0.25, -0.2) is 13.2 Å². The number of hydrogen-bond donors (Lipinski definition) is 0. The molecule has 3 heterocycles. The molecule has 0 N–H and O–H groups in total. The second kappa shape index (κ2) is 7.85. The number of aryl methyl sites for hydroxylation is 1. The molecule has 0 radical (unpaired) electrons. The van der Waals surface area contributed by atoms with E-state index >= 15 is 0 Å². The molecule has 1 amide bonds. The Morgan fingerprint density at radius 3 is 2.50 bits per heavy atom. The van der Waals surface area contributed by atoms with Gasteiger partial charge in [-0.3, -0.25) is 4.90 Å². The lowest BCUT2D eigenvalue weighted by Crippen LogP contribution is -2.50. The Kier molecular flexibility index (Phi) is 4.89. The van der Waals surface area contributed by atoms with Gasteiger partial charge in [-0.15, -0.1) is 0 Å². The van der Waals surface area contributed by atoms with Gasteiger partial charge in [0.1, 0.15) is 17.8 Å². The highest BCUT2D eigenvalue weighted by atomic mass is 32.2. The van der Waals surface area contributed by atoms with Crippen LogP contribution >= 0.6 is 0 Å². The summed E-state index contributed by atoms with van der Waals surface area (Å²) in [5.74, 6) is 0. The fourth-order valence-electron chi connectivity index (χ4n) is 5.07. The number of amides is 1. The number of ether oxygens (including phenoxy) is 1. The summed E-state index contributed by atoms with van der Waals surface area (Å²) in [5, 5.41) is 1.68. The van der Waals surface area contributed by atoms with Crippen molar-refractivity contribution in [2.45, 2.75) is 37.3 Å². The first-order valence-corrected chi connectivity index (χ1v) is 12.8. The quantitative estimate of drug-likeness (QED) is 0.406. The van der Waals surface area contributed by atoms with E-state index in [1.165, 1.54) is 4.31 Å². The van der Waals surface area contributed by atoms with Gasteiger partial charge in [-0.1, -0.05) is 35.9 Å². The predicted octanol–water partition coefficient (Wildman–Crippen LogP) is 5.20. The minimum absolute atomic E-state index is 0.110. The van der Waals surface area contributed by atoms with Gasteiger partial charge in [0.15, 0.2) is 0 Å². The summed E-state index contributed by atoms with van der Waals surface area (Å²) in [5.41, 5.74) is 4.35. The van der Waals surface area contributed by atoms with Gasteiger partial charge in [-0.05, 0) is 50.1 Å². The van der Waals surface area contributed by atoms with Crippen LogP contribution in [0, 0.1) is 6.92 Å². The average molecular weight is 477 g/mol. The van der Waals surface area contributed by atoms with Crippen molar-refractivity contribution in [3.05, 3.63) is 71.8 Å². The molecule has 6 rings (SSSR count). The Bertz CT molecular complexity index is 1530. The van der Waals surface area contributed by atoms with E-state index in [4.69, 9.17) is 9.15 Å². The van der Waals surface area contributed by atoms with E-state index in [1.54, 1.807) is 23.1 Å². The highest BCUT2D eigenvalue weighted by Crippen LogP contribution is 2.35. The van der Waals surface area contributed by atoms with Crippen molar-refractivity contribution in [1.29, 1.82) is 0 Å². The number of carbonyl (C=O) groups is 1. The second-order valence-corrected chi connectivity index (χ2v) is 10.9. The molecule has 1 fully saturated rings. The van der Waals surface area contributed by atoms with E-state index in [0.717, 1.165) is 33.2 Å². The van der Waals surface area contributed by atoms with Crippen LogP contribution in [0.1, 0.15) is 24.0 Å². The Hall–Kier alpha value is -3.36. The first kappa shape index (κ1) is 21.2. The van der Waals surface area contributed by atoms with Gasteiger partial charge in [0, 0.05) is 35.5 Å². The summed E-state index contributed by atoms with van der Waals surface area (Å²) in [4.78, 5) is 14.6. The lowest BCUT2D eigenvalue weighted by Gasteiger charge is -2.39. The molecule has 34 heavy (non-hydrogen) atoms. The van der Waals surface area contributed by atoms with E-state index in [-0.39, 0.29) is 23.6 Å². The van der Waals surface area contributed by atoms with E-state index < -0.39 is 10.0 Å². The second-order valence-electron chi connectivity index (χ2n) is 8.95. The van der Waals surface area contributed by atoms with Crippen LogP contribution in [0.4, 0.5) is 10.5 Å². The van der Waals surface area contributed by atoms with Crippen molar-refractivity contribution in [2.75, 3.05) is 18.0 Å². The first-order valence-electron chi connectivity index (χ1n) is 11.4. The smallest absolute Gasteiger partial charge is 0.414 e. The number of carbonyl (C=O) groups excluding carboxylic acids is 1. The SMILES string of the molecule is Cc1ccc2c(c1)COC(=O)N2C1CCN(S(=O)(=O)c2ccc3oc4ccccc4c3c2)CC1. The van der Waals surface area contributed by atoms with Crippen LogP contribution in [0.25, 0.3) is 21.9 Å². The molecule has 7 nitrogen and oxygen atoms in total. The number of sulfonamides is 1. The number of piperidine rings is 1. The van der Waals surface area contributed by atoms with Crippen LogP contribution < -0.4 is 4.90 Å². The predicted molar refractivity (Wildman–Crippen MR) is 129 cm³/mol. The molecule has 0 unspecified atom stereocenters. The lowest BCUT2D eigenvalue weighted by molar-refractivity contribution is 0.135. The van der Waals surface area contributed by atoms with E-state index in [0.29, 0.717) is 31.5 Å². The molecular weight excluding hydrogens is 452 g/mol. The molecule has 0 saturated carbocycles. The van der Waals surface area contributed by atoms with Crippen LogP contribution in [-0.4, -0.2) is 37.9 Å². The van der Waals surface area contributed by atoms with E-state index in [9.17, 15) is 13.2 Å². The van der Waals surface area contributed by atoms with Crippen molar-refractivity contribution in [1.82, 2.24) is 4.31 Å².